The zero-order valence-corrected chi connectivity index (χ0v) is 10.1. The summed E-state index contributed by atoms with van der Waals surface area (Å²) in [4.78, 5) is 11.1. The van der Waals surface area contributed by atoms with Gasteiger partial charge in [0.05, 0.1) is 5.02 Å². The average molecular weight is 285 g/mol. The zero-order chi connectivity index (χ0) is 14.0. The van der Waals surface area contributed by atoms with E-state index in [0.29, 0.717) is 0 Å². The summed E-state index contributed by atoms with van der Waals surface area (Å²) in [5, 5.41) is 8.96. The monoisotopic (exact) mass is 284 g/mol. The number of halogens is 3. The van der Waals surface area contributed by atoms with E-state index in [2.05, 4.69) is 0 Å². The Hall–Kier alpha value is -2.14. The Morgan fingerprint density at radius 2 is 1.74 bits per heavy atom. The third kappa shape index (κ3) is 2.66. The van der Waals surface area contributed by atoms with Crippen LogP contribution in [0.15, 0.2) is 36.4 Å². The van der Waals surface area contributed by atoms with Gasteiger partial charge in [0.15, 0.2) is 11.6 Å². The largest absolute Gasteiger partial charge is 0.478 e. The predicted octanol–water partition coefficient (Wildman–Crippen LogP) is 4.11. The summed E-state index contributed by atoms with van der Waals surface area (Å²) in [5.41, 5.74) is -0.312. The molecule has 0 radical (unpaired) electrons. The lowest BCUT2D eigenvalue weighted by Crippen LogP contribution is -2.02. The van der Waals surface area contributed by atoms with Crippen molar-refractivity contribution in [2.24, 2.45) is 0 Å². The van der Waals surface area contributed by atoms with E-state index in [9.17, 15) is 13.6 Å². The molecule has 0 heterocycles. The molecule has 0 spiro atoms. The van der Waals surface area contributed by atoms with Gasteiger partial charge in [-0.3, -0.25) is 0 Å². The summed E-state index contributed by atoms with van der Waals surface area (Å²) >= 11 is 5.73. The molecule has 2 aromatic carbocycles. The first kappa shape index (κ1) is 13.3. The van der Waals surface area contributed by atoms with Crippen molar-refractivity contribution in [2.45, 2.75) is 0 Å². The summed E-state index contributed by atoms with van der Waals surface area (Å²) < 4.78 is 31.5. The van der Waals surface area contributed by atoms with Crippen LogP contribution in [0.4, 0.5) is 8.78 Å². The number of hydrogen-bond acceptors (Lipinski definition) is 2. The third-order valence-corrected chi connectivity index (χ3v) is 2.64. The van der Waals surface area contributed by atoms with Gasteiger partial charge < -0.3 is 9.84 Å². The van der Waals surface area contributed by atoms with Gasteiger partial charge in [-0.15, -0.1) is 0 Å². The molecule has 0 saturated heterocycles. The van der Waals surface area contributed by atoms with Crippen molar-refractivity contribution in [1.29, 1.82) is 0 Å². The molecule has 98 valence electrons. The highest BCUT2D eigenvalue weighted by Crippen LogP contribution is 2.32. The molecule has 0 atom stereocenters. The Morgan fingerprint density at radius 3 is 2.42 bits per heavy atom. The van der Waals surface area contributed by atoms with E-state index in [0.717, 1.165) is 6.07 Å². The average Bonchev–Trinajstić information content (AvgIpc) is 2.34. The van der Waals surface area contributed by atoms with Crippen LogP contribution in [0.3, 0.4) is 0 Å². The third-order valence-electron chi connectivity index (χ3n) is 2.33. The van der Waals surface area contributed by atoms with Gasteiger partial charge in [0, 0.05) is 0 Å². The minimum absolute atomic E-state index is 0.0539. The highest BCUT2D eigenvalue weighted by molar-refractivity contribution is 6.33. The van der Waals surface area contributed by atoms with Crippen molar-refractivity contribution in [3.05, 3.63) is 58.6 Å². The van der Waals surface area contributed by atoms with Gasteiger partial charge in [-0.25, -0.2) is 9.18 Å². The fourth-order valence-electron chi connectivity index (χ4n) is 1.48. The lowest BCUT2D eigenvalue weighted by Gasteiger charge is -2.10. The van der Waals surface area contributed by atoms with Gasteiger partial charge in [-0.05, 0) is 24.3 Å². The van der Waals surface area contributed by atoms with E-state index in [1.807, 2.05) is 0 Å². The summed E-state index contributed by atoms with van der Waals surface area (Å²) in [5.74, 6) is -4.18. The molecule has 0 saturated carbocycles. The highest BCUT2D eigenvalue weighted by Gasteiger charge is 2.18. The smallest absolute Gasteiger partial charge is 0.341 e. The van der Waals surface area contributed by atoms with Gasteiger partial charge in [0.1, 0.15) is 11.3 Å². The Labute approximate surface area is 112 Å². The van der Waals surface area contributed by atoms with Crippen molar-refractivity contribution in [2.75, 3.05) is 0 Å². The number of carboxylic acids is 1. The molecule has 0 aliphatic carbocycles. The molecule has 19 heavy (non-hydrogen) atoms. The molecule has 2 aromatic rings. The molecule has 0 bridgehead atoms. The SMILES string of the molecule is O=C(O)c1c(Cl)cccc1Oc1cccc(F)c1F. The van der Waals surface area contributed by atoms with E-state index in [4.69, 9.17) is 21.4 Å². The van der Waals surface area contributed by atoms with Crippen molar-refractivity contribution < 1.29 is 23.4 Å². The Kier molecular flexibility index (Phi) is 3.66. The Bertz CT molecular complexity index is 644. The Balaban J connectivity index is 2.47. The van der Waals surface area contributed by atoms with Crippen molar-refractivity contribution in [3.8, 4) is 11.5 Å². The van der Waals surface area contributed by atoms with Crippen molar-refractivity contribution in [3.63, 3.8) is 0 Å². The number of benzene rings is 2. The number of carbonyl (C=O) groups is 1. The predicted molar refractivity (Wildman–Crippen MR) is 64.8 cm³/mol. The molecular weight excluding hydrogens is 278 g/mol. The second kappa shape index (κ2) is 5.24. The van der Waals surface area contributed by atoms with Crippen LogP contribution in [0.2, 0.25) is 5.02 Å². The second-order valence-electron chi connectivity index (χ2n) is 3.57. The molecular formula is C13H7ClF2O3. The van der Waals surface area contributed by atoms with E-state index in [-0.39, 0.29) is 16.3 Å². The van der Waals surface area contributed by atoms with E-state index in [1.165, 1.54) is 30.3 Å². The quantitative estimate of drug-likeness (QED) is 0.922. The summed E-state index contributed by atoms with van der Waals surface area (Å²) in [6.07, 6.45) is 0. The number of ether oxygens (including phenoxy) is 1. The van der Waals surface area contributed by atoms with Crippen LogP contribution < -0.4 is 4.74 Å². The number of hydrogen-bond donors (Lipinski definition) is 1. The van der Waals surface area contributed by atoms with E-state index in [1.54, 1.807) is 0 Å². The lowest BCUT2D eigenvalue weighted by molar-refractivity contribution is 0.0694. The second-order valence-corrected chi connectivity index (χ2v) is 3.98. The van der Waals surface area contributed by atoms with Crippen LogP contribution in [0.5, 0.6) is 11.5 Å². The summed E-state index contributed by atoms with van der Waals surface area (Å²) in [6, 6.07) is 7.47. The van der Waals surface area contributed by atoms with E-state index >= 15 is 0 Å². The van der Waals surface area contributed by atoms with Crippen molar-refractivity contribution in [1.82, 2.24) is 0 Å². The van der Waals surface area contributed by atoms with Gasteiger partial charge in [0.2, 0.25) is 5.82 Å². The standard InChI is InChI=1S/C13H7ClF2O3/c14-7-3-1-5-9(11(7)13(17)18)19-10-6-2-4-8(15)12(10)16/h1-6H,(H,17,18). The Morgan fingerprint density at radius 1 is 1.11 bits per heavy atom. The van der Waals surface area contributed by atoms with E-state index < -0.39 is 23.4 Å². The normalized spacial score (nSPS) is 10.3. The molecule has 0 amide bonds. The first-order valence-electron chi connectivity index (χ1n) is 5.14. The first-order chi connectivity index (χ1) is 9.00. The number of rotatable bonds is 3. The lowest BCUT2D eigenvalue weighted by atomic mass is 10.2. The summed E-state index contributed by atoms with van der Waals surface area (Å²) in [7, 11) is 0. The van der Waals surface area contributed by atoms with Gasteiger partial charge in [-0.2, -0.15) is 4.39 Å². The fraction of sp³-hybridized carbons (Fsp3) is 0. The van der Waals surface area contributed by atoms with Crippen LogP contribution in [-0.4, -0.2) is 11.1 Å². The first-order valence-corrected chi connectivity index (χ1v) is 5.52. The molecule has 6 heteroatoms. The van der Waals surface area contributed by atoms with Gasteiger partial charge in [-0.1, -0.05) is 23.7 Å². The van der Waals surface area contributed by atoms with Gasteiger partial charge >= 0.3 is 5.97 Å². The molecule has 0 aliphatic heterocycles. The van der Waals surface area contributed by atoms with Gasteiger partial charge in [0.25, 0.3) is 0 Å². The molecule has 0 aliphatic rings. The van der Waals surface area contributed by atoms with Crippen LogP contribution in [0.1, 0.15) is 10.4 Å². The molecule has 3 nitrogen and oxygen atoms in total. The van der Waals surface area contributed by atoms with Crippen LogP contribution in [0, 0.1) is 11.6 Å². The topological polar surface area (TPSA) is 46.5 Å². The molecule has 0 fully saturated rings. The molecule has 2 rings (SSSR count). The molecule has 1 N–H and O–H groups in total. The minimum Gasteiger partial charge on any atom is -0.478 e. The maximum atomic E-state index is 13.4. The summed E-state index contributed by atoms with van der Waals surface area (Å²) in [6.45, 7) is 0. The maximum Gasteiger partial charge on any atom is 0.341 e. The van der Waals surface area contributed by atoms with Crippen molar-refractivity contribution >= 4 is 17.6 Å². The zero-order valence-electron chi connectivity index (χ0n) is 9.36. The van der Waals surface area contributed by atoms with Crippen LogP contribution in [0.25, 0.3) is 0 Å². The fourth-order valence-corrected chi connectivity index (χ4v) is 1.72. The number of carboxylic acid groups (broad SMARTS) is 1. The maximum absolute atomic E-state index is 13.4. The van der Waals surface area contributed by atoms with Crippen LogP contribution >= 0.6 is 11.6 Å². The van der Waals surface area contributed by atoms with Crippen LogP contribution in [-0.2, 0) is 0 Å². The molecule has 0 unspecified atom stereocenters. The minimum atomic E-state index is -1.32. The highest BCUT2D eigenvalue weighted by atomic mass is 35.5. The number of aromatic carboxylic acids is 1. The molecule has 0 aromatic heterocycles.